The average molecular weight is 249 g/mol. The lowest BCUT2D eigenvalue weighted by atomic mass is 9.76. The van der Waals surface area contributed by atoms with E-state index >= 15 is 0 Å². The highest BCUT2D eigenvalue weighted by Gasteiger charge is 2.26. The molecule has 0 spiro atoms. The molecule has 0 aromatic carbocycles. The lowest BCUT2D eigenvalue weighted by molar-refractivity contribution is 0.505. The summed E-state index contributed by atoms with van der Waals surface area (Å²) in [4.78, 5) is 4.71. The molecule has 1 heteroatoms. The zero-order valence-corrected chi connectivity index (χ0v) is 13.8. The van der Waals surface area contributed by atoms with Gasteiger partial charge < -0.3 is 0 Å². The molecule has 0 atom stereocenters. The van der Waals surface area contributed by atoms with Crippen molar-refractivity contribution in [1.82, 2.24) is 0 Å². The van der Waals surface area contributed by atoms with E-state index in [9.17, 15) is 0 Å². The minimum Gasteiger partial charge on any atom is -0.258 e. The maximum absolute atomic E-state index is 4.71. The molecule has 0 radical (unpaired) electrons. The van der Waals surface area contributed by atoms with Gasteiger partial charge in [0.1, 0.15) is 0 Å². The molecule has 0 unspecified atom stereocenters. The zero-order valence-electron chi connectivity index (χ0n) is 13.8. The topological polar surface area (TPSA) is 12.4 Å². The van der Waals surface area contributed by atoms with Crippen molar-refractivity contribution in [2.45, 2.75) is 62.3 Å². The van der Waals surface area contributed by atoms with E-state index in [1.165, 1.54) is 16.9 Å². The Kier molecular flexibility index (Phi) is 6.06. The van der Waals surface area contributed by atoms with Crippen molar-refractivity contribution >= 4 is 5.71 Å². The Morgan fingerprint density at radius 2 is 1.39 bits per heavy atom. The van der Waals surface area contributed by atoms with Crippen molar-refractivity contribution in [2.24, 2.45) is 22.2 Å². The zero-order chi connectivity index (χ0) is 14.7. The summed E-state index contributed by atoms with van der Waals surface area (Å²) in [5.74, 6) is 0.970. The molecule has 0 amide bonds. The first-order chi connectivity index (χ1) is 7.98. The normalized spacial score (nSPS) is 15.2. The molecule has 0 saturated heterocycles. The molecule has 18 heavy (non-hydrogen) atoms. The first-order valence-corrected chi connectivity index (χ1v) is 6.94. The third kappa shape index (κ3) is 4.80. The molecular formula is C17H31N. The second kappa shape index (κ2) is 6.36. The van der Waals surface area contributed by atoms with Crippen LogP contribution in [0, 0.1) is 17.3 Å². The largest absolute Gasteiger partial charge is 0.258 e. The van der Waals surface area contributed by atoms with Gasteiger partial charge in [0, 0.05) is 11.4 Å². The van der Waals surface area contributed by atoms with E-state index in [0.29, 0.717) is 11.8 Å². The quantitative estimate of drug-likeness (QED) is 0.572. The van der Waals surface area contributed by atoms with E-state index in [4.69, 9.17) is 4.99 Å². The van der Waals surface area contributed by atoms with E-state index in [-0.39, 0.29) is 5.41 Å². The van der Waals surface area contributed by atoms with Gasteiger partial charge in [-0.15, -0.1) is 0 Å². The molecule has 0 bridgehead atoms. The van der Waals surface area contributed by atoms with E-state index < -0.39 is 0 Å². The summed E-state index contributed by atoms with van der Waals surface area (Å²) in [6.45, 7) is 23.9. The number of hydrogen-bond donors (Lipinski definition) is 0. The molecule has 0 fully saturated rings. The average Bonchev–Trinajstić information content (AvgIpc) is 2.13. The second-order valence-electron chi connectivity index (χ2n) is 6.85. The van der Waals surface area contributed by atoms with Crippen molar-refractivity contribution in [1.29, 1.82) is 0 Å². The fraction of sp³-hybridized carbons (Fsp3) is 0.706. The summed E-state index contributed by atoms with van der Waals surface area (Å²) < 4.78 is 0. The summed E-state index contributed by atoms with van der Waals surface area (Å²) in [6.07, 6.45) is 0. The monoisotopic (exact) mass is 249 g/mol. The van der Waals surface area contributed by atoms with E-state index in [1.807, 2.05) is 6.92 Å². The van der Waals surface area contributed by atoms with Crippen molar-refractivity contribution in [2.75, 3.05) is 0 Å². The third-order valence-corrected chi connectivity index (χ3v) is 3.12. The number of hydrogen-bond acceptors (Lipinski definition) is 1. The van der Waals surface area contributed by atoms with Gasteiger partial charge in [-0.1, -0.05) is 60.6 Å². The Morgan fingerprint density at radius 1 is 0.944 bits per heavy atom. The van der Waals surface area contributed by atoms with Crippen LogP contribution in [0.5, 0.6) is 0 Å². The number of nitrogens with zero attached hydrogens (tertiary/aromatic N) is 1. The summed E-state index contributed by atoms with van der Waals surface area (Å²) in [7, 11) is 0. The molecule has 0 aromatic rings. The van der Waals surface area contributed by atoms with Gasteiger partial charge in [0.2, 0.25) is 0 Å². The van der Waals surface area contributed by atoms with Crippen LogP contribution in [-0.4, -0.2) is 5.71 Å². The predicted molar refractivity (Wildman–Crippen MR) is 84.1 cm³/mol. The van der Waals surface area contributed by atoms with Crippen LogP contribution in [0.1, 0.15) is 62.3 Å². The minimum atomic E-state index is 0.118. The van der Waals surface area contributed by atoms with E-state index in [0.717, 1.165) is 5.70 Å². The Balaban J connectivity index is 6.02. The van der Waals surface area contributed by atoms with Crippen molar-refractivity contribution in [3.8, 4) is 0 Å². The van der Waals surface area contributed by atoms with E-state index in [1.54, 1.807) is 0 Å². The van der Waals surface area contributed by atoms with Crippen LogP contribution in [0.25, 0.3) is 0 Å². The highest BCUT2D eigenvalue weighted by Crippen LogP contribution is 2.34. The number of allylic oxidation sites excluding steroid dienone is 3. The number of aliphatic imine (C=N–C) groups is 1. The van der Waals surface area contributed by atoms with E-state index in [2.05, 4.69) is 62.0 Å². The molecule has 0 aliphatic carbocycles. The Bertz CT molecular complexity index is 360. The maximum Gasteiger partial charge on any atom is 0.0468 e. The van der Waals surface area contributed by atoms with Gasteiger partial charge in [-0.3, -0.25) is 4.99 Å². The van der Waals surface area contributed by atoms with Crippen molar-refractivity contribution in [3.63, 3.8) is 0 Å². The number of rotatable bonds is 4. The van der Waals surface area contributed by atoms with Crippen LogP contribution in [0.4, 0.5) is 0 Å². The summed E-state index contributed by atoms with van der Waals surface area (Å²) in [5.41, 5.74) is 5.04. The van der Waals surface area contributed by atoms with Gasteiger partial charge in [0.05, 0.1) is 0 Å². The Morgan fingerprint density at radius 3 is 1.61 bits per heavy atom. The maximum atomic E-state index is 4.71. The lowest BCUT2D eigenvalue weighted by Gasteiger charge is -2.30. The standard InChI is InChI=1S/C17H31N/c1-11(2)14(7)15(17(8,9)10)16(12(3)4)18-13(5)6/h11-12H,5H2,1-4,6-10H3/b15-14-,18-16?. The predicted octanol–water partition coefficient (Wildman–Crippen LogP) is 5.64. The molecule has 0 saturated carbocycles. The summed E-state index contributed by atoms with van der Waals surface area (Å²) in [6, 6.07) is 0. The molecule has 1 nitrogen and oxygen atoms in total. The Hall–Kier alpha value is -0.850. The van der Waals surface area contributed by atoms with Crippen LogP contribution in [-0.2, 0) is 0 Å². The Labute approximate surface area is 114 Å². The van der Waals surface area contributed by atoms with Gasteiger partial charge in [-0.05, 0) is 36.7 Å². The highest BCUT2D eigenvalue weighted by atomic mass is 14.8. The van der Waals surface area contributed by atoms with Crippen LogP contribution in [0.15, 0.2) is 28.4 Å². The second-order valence-corrected chi connectivity index (χ2v) is 6.85. The molecule has 0 rings (SSSR count). The van der Waals surface area contributed by atoms with Gasteiger partial charge >= 0.3 is 0 Å². The molecule has 0 aliphatic heterocycles. The first kappa shape index (κ1) is 17.2. The molecule has 104 valence electrons. The fourth-order valence-electron chi connectivity index (χ4n) is 2.15. The van der Waals surface area contributed by atoms with Gasteiger partial charge in [0.15, 0.2) is 0 Å². The SMILES string of the molecule is C=C(C)N=C(/C(=C(\C)C(C)C)C(C)(C)C)C(C)C. The molecule has 0 heterocycles. The van der Waals surface area contributed by atoms with Crippen LogP contribution in [0.3, 0.4) is 0 Å². The van der Waals surface area contributed by atoms with Crippen LogP contribution >= 0.6 is 0 Å². The van der Waals surface area contributed by atoms with Gasteiger partial charge in [-0.25, -0.2) is 0 Å². The molecule has 0 aromatic heterocycles. The lowest BCUT2D eigenvalue weighted by Crippen LogP contribution is -2.25. The van der Waals surface area contributed by atoms with Crippen LogP contribution in [0.2, 0.25) is 0 Å². The van der Waals surface area contributed by atoms with Gasteiger partial charge in [0.25, 0.3) is 0 Å². The summed E-state index contributed by atoms with van der Waals surface area (Å²) >= 11 is 0. The highest BCUT2D eigenvalue weighted by molar-refractivity contribution is 6.03. The smallest absolute Gasteiger partial charge is 0.0468 e. The molecule has 0 aliphatic rings. The minimum absolute atomic E-state index is 0.118. The van der Waals surface area contributed by atoms with Crippen molar-refractivity contribution in [3.05, 3.63) is 23.4 Å². The summed E-state index contributed by atoms with van der Waals surface area (Å²) in [5, 5.41) is 0. The molecule has 0 N–H and O–H groups in total. The third-order valence-electron chi connectivity index (χ3n) is 3.12. The van der Waals surface area contributed by atoms with Gasteiger partial charge in [-0.2, -0.15) is 0 Å². The molecular weight excluding hydrogens is 218 g/mol. The van der Waals surface area contributed by atoms with Crippen LogP contribution < -0.4 is 0 Å². The fourth-order valence-corrected chi connectivity index (χ4v) is 2.15. The first-order valence-electron chi connectivity index (χ1n) is 6.94. The van der Waals surface area contributed by atoms with Crippen molar-refractivity contribution < 1.29 is 0 Å².